The van der Waals surface area contributed by atoms with Gasteiger partial charge in [-0.3, -0.25) is 0 Å². The normalized spacial score (nSPS) is 16.3. The molecule has 1 atom stereocenters. The molecule has 0 N–H and O–H groups in total. The second-order valence-corrected chi connectivity index (χ2v) is 12.1. The third-order valence-electron chi connectivity index (χ3n) is 5.92. The third kappa shape index (κ3) is 9.03. The van der Waals surface area contributed by atoms with Gasteiger partial charge in [0.25, 0.3) is 5.89 Å². The van der Waals surface area contributed by atoms with Crippen LogP contribution in [0.15, 0.2) is 53.0 Å². The number of benzene rings is 1. The molecule has 0 aliphatic carbocycles. The molecule has 4 rings (SSSR count). The van der Waals surface area contributed by atoms with E-state index >= 15 is 0 Å². The fourth-order valence-corrected chi connectivity index (χ4v) is 4.05. The first-order valence-corrected chi connectivity index (χ1v) is 14.2. The van der Waals surface area contributed by atoms with Gasteiger partial charge in [0.15, 0.2) is 5.69 Å². The van der Waals surface area contributed by atoms with Crippen LogP contribution in [0.5, 0.6) is 5.88 Å². The first-order valence-electron chi connectivity index (χ1n) is 14.2. The van der Waals surface area contributed by atoms with E-state index in [0.717, 1.165) is 5.56 Å². The molecule has 4 bridgehead atoms. The Kier molecular flexibility index (Phi) is 9.86. The predicted octanol–water partition coefficient (Wildman–Crippen LogP) is 7.81. The van der Waals surface area contributed by atoms with Crippen molar-refractivity contribution in [2.75, 3.05) is 11.5 Å². The summed E-state index contributed by atoms with van der Waals surface area (Å²) in [6.45, 7) is 9.25. The van der Waals surface area contributed by atoms with Crippen molar-refractivity contribution in [1.29, 1.82) is 0 Å². The highest BCUT2D eigenvalue weighted by molar-refractivity contribution is 6.11. The maximum absolute atomic E-state index is 14.4. The molecule has 14 heteroatoms. The van der Waals surface area contributed by atoms with Crippen molar-refractivity contribution in [3.05, 3.63) is 65.6 Å². The molecule has 45 heavy (non-hydrogen) atoms. The van der Waals surface area contributed by atoms with Crippen molar-refractivity contribution in [2.24, 2.45) is 0 Å². The van der Waals surface area contributed by atoms with Gasteiger partial charge in [0.2, 0.25) is 11.8 Å². The second kappa shape index (κ2) is 13.3. The Hall–Kier alpha value is -4.46. The van der Waals surface area contributed by atoms with E-state index in [2.05, 4.69) is 15.2 Å². The molecule has 0 spiro atoms. The van der Waals surface area contributed by atoms with Gasteiger partial charge in [-0.1, -0.05) is 42.5 Å². The van der Waals surface area contributed by atoms with Gasteiger partial charge in [-0.05, 0) is 59.6 Å². The summed E-state index contributed by atoms with van der Waals surface area (Å²) in [5, 5.41) is 8.10. The van der Waals surface area contributed by atoms with Gasteiger partial charge in [0.05, 0.1) is 18.9 Å². The SMILES string of the molecule is CC(C)(C)OC(=O)N(C(=O)OC(C)(C)C)c1cc(C(F)(F)F)c2nc1-c1nnc(o1)C(OCc1ccccc1)C/C=C/CCO2. The van der Waals surface area contributed by atoms with Crippen LogP contribution in [0.3, 0.4) is 0 Å². The Morgan fingerprint density at radius 1 is 0.956 bits per heavy atom. The lowest BCUT2D eigenvalue weighted by Gasteiger charge is -2.29. The van der Waals surface area contributed by atoms with Crippen LogP contribution in [-0.4, -0.2) is 45.2 Å². The molecule has 1 aliphatic rings. The topological polar surface area (TPSA) is 126 Å². The largest absolute Gasteiger partial charge is 0.477 e. The molecule has 11 nitrogen and oxygen atoms in total. The van der Waals surface area contributed by atoms with Crippen LogP contribution in [0.2, 0.25) is 0 Å². The van der Waals surface area contributed by atoms with Gasteiger partial charge in [-0.15, -0.1) is 10.2 Å². The van der Waals surface area contributed by atoms with Gasteiger partial charge >= 0.3 is 18.4 Å². The number of rotatable bonds is 4. The summed E-state index contributed by atoms with van der Waals surface area (Å²) in [7, 11) is 0. The summed E-state index contributed by atoms with van der Waals surface area (Å²) >= 11 is 0. The summed E-state index contributed by atoms with van der Waals surface area (Å²) in [5.41, 5.74) is -3.83. The molecular weight excluding hydrogens is 597 g/mol. The fourth-order valence-electron chi connectivity index (χ4n) is 4.05. The minimum atomic E-state index is -5.00. The number of carbonyl (C=O) groups excluding carboxylic acids is 2. The van der Waals surface area contributed by atoms with Crippen molar-refractivity contribution in [1.82, 2.24) is 15.2 Å². The summed E-state index contributed by atoms with van der Waals surface area (Å²) in [6, 6.07) is 9.92. The first-order chi connectivity index (χ1) is 21.0. The Balaban J connectivity index is 1.89. The monoisotopic (exact) mass is 632 g/mol. The minimum absolute atomic E-state index is 0.000954. The Bertz CT molecular complexity index is 1500. The average Bonchev–Trinajstić information content (AvgIpc) is 3.40. The van der Waals surface area contributed by atoms with E-state index in [1.54, 1.807) is 12.2 Å². The maximum atomic E-state index is 14.4. The molecular formula is C31H35F3N4O7. The number of nitrogens with zero attached hydrogens (tertiary/aromatic N) is 4. The predicted molar refractivity (Wildman–Crippen MR) is 155 cm³/mol. The molecule has 3 heterocycles. The van der Waals surface area contributed by atoms with E-state index in [4.69, 9.17) is 23.4 Å². The number of ether oxygens (including phenoxy) is 4. The van der Waals surface area contributed by atoms with Crippen LogP contribution in [0, 0.1) is 0 Å². The summed E-state index contributed by atoms with van der Waals surface area (Å²) in [6.07, 6.45) is -4.33. The molecule has 2 amide bonds. The zero-order chi connectivity index (χ0) is 33.0. The average molecular weight is 633 g/mol. The van der Waals surface area contributed by atoms with Gasteiger partial charge < -0.3 is 23.4 Å². The van der Waals surface area contributed by atoms with Crippen molar-refractivity contribution < 1.29 is 46.1 Å². The highest BCUT2D eigenvalue weighted by atomic mass is 19.4. The van der Waals surface area contributed by atoms with E-state index in [1.165, 1.54) is 41.5 Å². The van der Waals surface area contributed by atoms with Crippen LogP contribution in [-0.2, 0) is 27.0 Å². The molecule has 3 aromatic rings. The number of carbonyl (C=O) groups is 2. The molecule has 1 aromatic carbocycles. The van der Waals surface area contributed by atoms with Gasteiger partial charge in [0, 0.05) is 6.42 Å². The van der Waals surface area contributed by atoms with Gasteiger partial charge in [0.1, 0.15) is 22.9 Å². The highest BCUT2D eigenvalue weighted by Crippen LogP contribution is 2.42. The Morgan fingerprint density at radius 3 is 2.20 bits per heavy atom. The zero-order valence-electron chi connectivity index (χ0n) is 25.8. The van der Waals surface area contributed by atoms with Gasteiger partial charge in [-0.25, -0.2) is 14.6 Å². The number of anilines is 1. The summed E-state index contributed by atoms with van der Waals surface area (Å²) in [4.78, 5) is 31.3. The lowest BCUT2D eigenvalue weighted by molar-refractivity contribution is -0.139. The van der Waals surface area contributed by atoms with Crippen LogP contribution in [0.25, 0.3) is 11.6 Å². The van der Waals surface area contributed by atoms with Crippen molar-refractivity contribution >= 4 is 17.9 Å². The van der Waals surface area contributed by atoms with E-state index in [1.807, 2.05) is 30.3 Å². The van der Waals surface area contributed by atoms with Crippen molar-refractivity contribution in [2.45, 2.75) is 84.5 Å². The number of pyridine rings is 1. The molecule has 0 saturated carbocycles. The lowest BCUT2D eigenvalue weighted by atomic mass is 10.1. The van der Waals surface area contributed by atoms with Crippen LogP contribution >= 0.6 is 0 Å². The number of alkyl halides is 3. The van der Waals surface area contributed by atoms with E-state index in [9.17, 15) is 22.8 Å². The number of fused-ring (bicyclic) bond motifs is 5. The van der Waals surface area contributed by atoms with E-state index in [0.29, 0.717) is 17.4 Å². The van der Waals surface area contributed by atoms with E-state index < -0.39 is 64.4 Å². The second-order valence-electron chi connectivity index (χ2n) is 12.1. The Labute approximate surface area is 258 Å². The number of hydrogen-bond donors (Lipinski definition) is 0. The van der Waals surface area contributed by atoms with Crippen LogP contribution in [0.4, 0.5) is 28.4 Å². The van der Waals surface area contributed by atoms with Crippen molar-refractivity contribution in [3.8, 4) is 17.5 Å². The first kappa shape index (κ1) is 33.4. The summed E-state index contributed by atoms with van der Waals surface area (Å²) < 4.78 is 71.4. The van der Waals surface area contributed by atoms with Gasteiger partial charge in [-0.2, -0.15) is 18.1 Å². The fraction of sp³-hybridized carbons (Fsp3) is 0.452. The quantitative estimate of drug-likeness (QED) is 0.263. The number of halogens is 3. The van der Waals surface area contributed by atoms with Crippen LogP contribution < -0.4 is 9.64 Å². The van der Waals surface area contributed by atoms with Crippen LogP contribution in [0.1, 0.15) is 77.5 Å². The minimum Gasteiger partial charge on any atom is -0.477 e. The highest BCUT2D eigenvalue weighted by Gasteiger charge is 2.42. The third-order valence-corrected chi connectivity index (χ3v) is 5.92. The van der Waals surface area contributed by atoms with E-state index in [-0.39, 0.29) is 25.5 Å². The molecule has 0 saturated heterocycles. The molecule has 1 aliphatic heterocycles. The zero-order valence-corrected chi connectivity index (χ0v) is 25.8. The maximum Gasteiger partial charge on any atom is 0.424 e. The molecule has 0 radical (unpaired) electrons. The molecule has 242 valence electrons. The molecule has 0 fully saturated rings. The smallest absolute Gasteiger partial charge is 0.424 e. The number of amides is 2. The van der Waals surface area contributed by atoms with Crippen molar-refractivity contribution in [3.63, 3.8) is 0 Å². The number of aromatic nitrogens is 3. The number of imide groups is 1. The number of hydrogen-bond acceptors (Lipinski definition) is 10. The lowest BCUT2D eigenvalue weighted by Crippen LogP contribution is -2.44. The Morgan fingerprint density at radius 2 is 1.60 bits per heavy atom. The standard InChI is InChI=1S/C31H35F3N4O7/c1-29(2,3)44-27(39)38(28(40)45-30(4,5)6)21-17-20(31(32,33)34)24-35-23(21)26-37-36-25(43-26)22(15-11-8-12-16-41-24)42-18-19-13-9-7-10-14-19/h7-11,13-14,17,22H,12,15-16,18H2,1-6H3/b11-8+. The summed E-state index contributed by atoms with van der Waals surface area (Å²) in [5.74, 6) is -1.20. The molecule has 1 unspecified atom stereocenters. The molecule has 2 aromatic heterocycles.